The van der Waals surface area contributed by atoms with Gasteiger partial charge in [-0.3, -0.25) is 9.59 Å². The van der Waals surface area contributed by atoms with Gasteiger partial charge in [-0.2, -0.15) is 0 Å². The Hall–Kier alpha value is -2.04. The molecule has 1 N–H and O–H groups in total. The third kappa shape index (κ3) is 3.49. The Morgan fingerprint density at radius 3 is 2.74 bits per heavy atom. The number of aliphatic carboxylic acids is 1. The summed E-state index contributed by atoms with van der Waals surface area (Å²) < 4.78 is 5.57. The van der Waals surface area contributed by atoms with Gasteiger partial charge in [-0.15, -0.1) is 0 Å². The van der Waals surface area contributed by atoms with E-state index in [1.807, 2.05) is 13.0 Å². The Labute approximate surface area is 136 Å². The zero-order chi connectivity index (χ0) is 16.4. The first-order valence-electron chi connectivity index (χ1n) is 8.35. The van der Waals surface area contributed by atoms with Crippen molar-refractivity contribution in [2.45, 2.75) is 26.2 Å². The van der Waals surface area contributed by atoms with Crippen molar-refractivity contribution in [1.29, 1.82) is 0 Å². The second kappa shape index (κ2) is 6.60. The van der Waals surface area contributed by atoms with Gasteiger partial charge in [0.15, 0.2) is 0 Å². The molecular weight excluding hydrogens is 294 g/mol. The van der Waals surface area contributed by atoms with E-state index < -0.39 is 11.9 Å². The summed E-state index contributed by atoms with van der Waals surface area (Å²) >= 11 is 0. The summed E-state index contributed by atoms with van der Waals surface area (Å²) in [6.45, 7) is 3.52. The molecule has 1 aromatic rings. The van der Waals surface area contributed by atoms with Gasteiger partial charge in [0, 0.05) is 18.7 Å². The van der Waals surface area contributed by atoms with E-state index in [0.717, 1.165) is 19.3 Å². The van der Waals surface area contributed by atoms with Crippen LogP contribution in [0.25, 0.3) is 0 Å². The fourth-order valence-electron chi connectivity index (χ4n) is 3.38. The number of carbonyl (C=O) groups is 2. The fraction of sp³-hybridized carbons (Fsp3) is 0.556. The Bertz CT molecular complexity index is 596. The number of carboxylic acid groups (broad SMARTS) is 1. The molecule has 2 fully saturated rings. The zero-order valence-electron chi connectivity index (χ0n) is 13.4. The molecule has 1 amide bonds. The van der Waals surface area contributed by atoms with Gasteiger partial charge in [0.1, 0.15) is 5.75 Å². The van der Waals surface area contributed by atoms with Crippen LogP contribution in [0.15, 0.2) is 24.3 Å². The maximum Gasteiger partial charge on any atom is 0.308 e. The van der Waals surface area contributed by atoms with Gasteiger partial charge < -0.3 is 14.7 Å². The summed E-state index contributed by atoms with van der Waals surface area (Å²) in [7, 11) is 0. The first-order valence-corrected chi connectivity index (χ1v) is 8.35. The van der Waals surface area contributed by atoms with Crippen LogP contribution in [0.4, 0.5) is 0 Å². The molecule has 23 heavy (non-hydrogen) atoms. The van der Waals surface area contributed by atoms with E-state index in [1.54, 1.807) is 23.1 Å². The average molecular weight is 317 g/mol. The minimum atomic E-state index is -0.780. The molecule has 0 spiro atoms. The number of ether oxygens (including phenoxy) is 1. The van der Waals surface area contributed by atoms with Gasteiger partial charge in [-0.1, -0.05) is 13.0 Å². The van der Waals surface area contributed by atoms with E-state index in [-0.39, 0.29) is 11.8 Å². The van der Waals surface area contributed by atoms with Crippen LogP contribution in [0, 0.1) is 17.8 Å². The van der Waals surface area contributed by atoms with Gasteiger partial charge in [0.05, 0.1) is 12.5 Å². The van der Waals surface area contributed by atoms with Gasteiger partial charge >= 0.3 is 5.97 Å². The number of carbonyl (C=O) groups excluding carboxylic acids is 1. The van der Waals surface area contributed by atoms with Crippen molar-refractivity contribution in [1.82, 2.24) is 4.90 Å². The zero-order valence-corrected chi connectivity index (χ0v) is 13.4. The molecule has 5 heteroatoms. The molecule has 1 saturated carbocycles. The molecular formula is C18H23NO4. The largest absolute Gasteiger partial charge is 0.494 e. The number of hydrogen-bond donors (Lipinski definition) is 1. The molecule has 5 nitrogen and oxygen atoms in total. The number of rotatable bonds is 6. The number of benzene rings is 1. The van der Waals surface area contributed by atoms with Crippen molar-refractivity contribution >= 4 is 11.9 Å². The van der Waals surface area contributed by atoms with Crippen LogP contribution >= 0.6 is 0 Å². The van der Waals surface area contributed by atoms with E-state index in [1.165, 1.54) is 0 Å². The highest BCUT2D eigenvalue weighted by Crippen LogP contribution is 2.44. The Balaban J connectivity index is 1.71. The molecule has 124 valence electrons. The normalized spacial score (nSPS) is 23.8. The molecule has 2 atom stereocenters. The van der Waals surface area contributed by atoms with Gasteiger partial charge in [0.25, 0.3) is 5.91 Å². The van der Waals surface area contributed by atoms with E-state index in [2.05, 4.69) is 0 Å². The predicted octanol–water partition coefficient (Wildman–Crippen LogP) is 2.66. The summed E-state index contributed by atoms with van der Waals surface area (Å²) in [4.78, 5) is 25.9. The maximum absolute atomic E-state index is 12.7. The van der Waals surface area contributed by atoms with Crippen LogP contribution in [0.5, 0.6) is 5.75 Å². The van der Waals surface area contributed by atoms with Crippen LogP contribution in [0.2, 0.25) is 0 Å². The molecule has 1 heterocycles. The molecule has 0 unspecified atom stereocenters. The quantitative estimate of drug-likeness (QED) is 0.876. The van der Waals surface area contributed by atoms with Crippen molar-refractivity contribution in [3.63, 3.8) is 0 Å². The number of amides is 1. The highest BCUT2D eigenvalue weighted by molar-refractivity contribution is 5.95. The molecule has 0 bridgehead atoms. The number of hydrogen-bond acceptors (Lipinski definition) is 3. The summed E-state index contributed by atoms with van der Waals surface area (Å²) in [6, 6.07) is 7.16. The molecule has 0 aromatic heterocycles. The SMILES string of the molecule is CCCOc1cccc(C(=O)N2C[C@H](C(=O)O)[C@@H](C3CC3)C2)c1. The lowest BCUT2D eigenvalue weighted by Crippen LogP contribution is -2.29. The molecule has 2 aliphatic rings. The molecule has 1 aromatic carbocycles. The minimum Gasteiger partial charge on any atom is -0.494 e. The van der Waals surface area contributed by atoms with E-state index >= 15 is 0 Å². The Morgan fingerprint density at radius 2 is 2.09 bits per heavy atom. The minimum absolute atomic E-state index is 0.0960. The van der Waals surface area contributed by atoms with Crippen LogP contribution in [-0.2, 0) is 4.79 Å². The van der Waals surface area contributed by atoms with E-state index in [0.29, 0.717) is 36.9 Å². The second-order valence-electron chi connectivity index (χ2n) is 6.53. The van der Waals surface area contributed by atoms with Gasteiger partial charge in [-0.05, 0) is 49.3 Å². The molecule has 1 aliphatic carbocycles. The summed E-state index contributed by atoms with van der Waals surface area (Å²) in [5.74, 6) is -0.0286. The summed E-state index contributed by atoms with van der Waals surface area (Å²) in [5.41, 5.74) is 0.569. The molecule has 0 radical (unpaired) electrons. The highest BCUT2D eigenvalue weighted by atomic mass is 16.5. The average Bonchev–Trinajstić information content (AvgIpc) is 3.30. The third-order valence-corrected chi connectivity index (χ3v) is 4.75. The fourth-order valence-corrected chi connectivity index (χ4v) is 3.38. The van der Waals surface area contributed by atoms with Crippen LogP contribution < -0.4 is 4.74 Å². The van der Waals surface area contributed by atoms with E-state index in [4.69, 9.17) is 4.74 Å². The summed E-state index contributed by atoms with van der Waals surface area (Å²) in [5, 5.41) is 9.41. The number of nitrogens with zero attached hydrogens (tertiary/aromatic N) is 1. The third-order valence-electron chi connectivity index (χ3n) is 4.75. The molecule has 1 aliphatic heterocycles. The van der Waals surface area contributed by atoms with Crippen LogP contribution in [0.3, 0.4) is 0 Å². The van der Waals surface area contributed by atoms with Crippen molar-refractivity contribution in [3.05, 3.63) is 29.8 Å². The van der Waals surface area contributed by atoms with Gasteiger partial charge in [-0.25, -0.2) is 0 Å². The predicted molar refractivity (Wildman–Crippen MR) is 85.5 cm³/mol. The van der Waals surface area contributed by atoms with Gasteiger partial charge in [0.2, 0.25) is 0 Å². The van der Waals surface area contributed by atoms with Crippen molar-refractivity contribution in [3.8, 4) is 5.75 Å². The Morgan fingerprint density at radius 1 is 1.30 bits per heavy atom. The lowest BCUT2D eigenvalue weighted by Gasteiger charge is -2.17. The van der Waals surface area contributed by atoms with Crippen LogP contribution in [0.1, 0.15) is 36.5 Å². The highest BCUT2D eigenvalue weighted by Gasteiger charge is 2.46. The monoisotopic (exact) mass is 317 g/mol. The summed E-state index contributed by atoms with van der Waals surface area (Å²) in [6.07, 6.45) is 3.10. The Kier molecular flexibility index (Phi) is 4.55. The first kappa shape index (κ1) is 15.8. The van der Waals surface area contributed by atoms with Crippen LogP contribution in [-0.4, -0.2) is 41.6 Å². The van der Waals surface area contributed by atoms with Crippen molar-refractivity contribution in [2.24, 2.45) is 17.8 Å². The topological polar surface area (TPSA) is 66.8 Å². The van der Waals surface area contributed by atoms with Crippen molar-refractivity contribution in [2.75, 3.05) is 19.7 Å². The molecule has 3 rings (SSSR count). The number of likely N-dealkylation sites (tertiary alicyclic amines) is 1. The number of carboxylic acids is 1. The van der Waals surface area contributed by atoms with E-state index in [9.17, 15) is 14.7 Å². The maximum atomic E-state index is 12.7. The lowest BCUT2D eigenvalue weighted by atomic mass is 9.92. The standard InChI is InChI=1S/C18H23NO4/c1-2-8-23-14-5-3-4-13(9-14)17(20)19-10-15(12-6-7-12)16(11-19)18(21)22/h3-5,9,12,15-16H,2,6-8,10-11H2,1H3,(H,21,22)/t15-,16+/m1/s1. The second-order valence-corrected chi connectivity index (χ2v) is 6.53. The smallest absolute Gasteiger partial charge is 0.308 e. The molecule has 1 saturated heterocycles. The first-order chi connectivity index (χ1) is 11.1. The lowest BCUT2D eigenvalue weighted by molar-refractivity contribution is -0.142. The van der Waals surface area contributed by atoms with Crippen molar-refractivity contribution < 1.29 is 19.4 Å².